The number of benzene rings is 1. The van der Waals surface area contributed by atoms with Gasteiger partial charge in [-0.1, -0.05) is 23.7 Å². The summed E-state index contributed by atoms with van der Waals surface area (Å²) < 4.78 is 0. The Kier molecular flexibility index (Phi) is 3.48. The van der Waals surface area contributed by atoms with E-state index in [2.05, 4.69) is 10.5 Å². The van der Waals surface area contributed by atoms with E-state index < -0.39 is 11.1 Å². The molecule has 1 rings (SSSR count). The largest absolute Gasteiger partial charge is 0.476 e. The van der Waals surface area contributed by atoms with Crippen molar-refractivity contribution in [3.63, 3.8) is 0 Å². The average molecular weight is 213 g/mol. The van der Waals surface area contributed by atoms with Crippen LogP contribution < -0.4 is 5.43 Å². The maximum Gasteiger partial charge on any atom is 0.368 e. The van der Waals surface area contributed by atoms with Gasteiger partial charge in [-0.15, -0.1) is 0 Å². The minimum Gasteiger partial charge on any atom is -0.476 e. The van der Waals surface area contributed by atoms with E-state index >= 15 is 0 Å². The number of hydrazone groups is 1. The van der Waals surface area contributed by atoms with Gasteiger partial charge in [0.05, 0.1) is 5.69 Å². The summed E-state index contributed by atoms with van der Waals surface area (Å²) in [6.07, 6.45) is 0. The molecular weight excluding hydrogens is 204 g/mol. The molecule has 0 amide bonds. The van der Waals surface area contributed by atoms with Crippen LogP contribution in [0.3, 0.4) is 0 Å². The van der Waals surface area contributed by atoms with E-state index in [9.17, 15) is 4.79 Å². The molecule has 2 N–H and O–H groups in total. The van der Waals surface area contributed by atoms with Crippen molar-refractivity contribution in [2.24, 2.45) is 5.10 Å². The normalized spacial score (nSPS) is 11.1. The first-order valence-electron chi connectivity index (χ1n) is 3.89. The second-order valence-electron chi connectivity index (χ2n) is 2.69. The van der Waals surface area contributed by atoms with Gasteiger partial charge in [-0.05, 0) is 24.6 Å². The van der Waals surface area contributed by atoms with Gasteiger partial charge in [-0.2, -0.15) is 5.10 Å². The molecule has 0 radical (unpaired) electrons. The van der Waals surface area contributed by atoms with Crippen LogP contribution in [0.15, 0.2) is 29.4 Å². The van der Waals surface area contributed by atoms with Gasteiger partial charge in [0.15, 0.2) is 0 Å². The van der Waals surface area contributed by atoms with Crippen molar-refractivity contribution in [3.8, 4) is 0 Å². The lowest BCUT2D eigenvalue weighted by molar-refractivity contribution is -0.129. The van der Waals surface area contributed by atoms with Gasteiger partial charge in [0.2, 0.25) is 5.17 Å². The number of carboxylic acids is 1. The maximum atomic E-state index is 10.3. The Morgan fingerprint density at radius 3 is 2.86 bits per heavy atom. The minimum absolute atomic E-state index is 0.494. The monoisotopic (exact) mass is 212 g/mol. The van der Waals surface area contributed by atoms with Crippen LogP contribution >= 0.6 is 11.6 Å². The zero-order valence-corrected chi connectivity index (χ0v) is 8.25. The quantitative estimate of drug-likeness (QED) is 0.596. The van der Waals surface area contributed by atoms with Crippen molar-refractivity contribution in [3.05, 3.63) is 29.8 Å². The zero-order valence-electron chi connectivity index (χ0n) is 7.49. The number of aryl methyl sites for hydroxylation is 1. The Hall–Kier alpha value is -1.55. The van der Waals surface area contributed by atoms with Gasteiger partial charge < -0.3 is 5.11 Å². The summed E-state index contributed by atoms with van der Waals surface area (Å²) in [5.41, 5.74) is 4.29. The molecule has 74 valence electrons. The van der Waals surface area contributed by atoms with Crippen molar-refractivity contribution < 1.29 is 9.90 Å². The summed E-state index contributed by atoms with van der Waals surface area (Å²) in [5, 5.41) is 11.4. The molecule has 0 unspecified atom stereocenters. The number of rotatable bonds is 3. The molecule has 0 atom stereocenters. The standard InChI is InChI=1S/C9H9ClN2O2/c1-6-3-2-4-7(5-6)11-12-8(10)9(13)14/h2-5,11H,1H3,(H,13,14). The Bertz CT molecular complexity index is 377. The number of nitrogens with one attached hydrogen (secondary N) is 1. The second-order valence-corrected chi connectivity index (χ2v) is 3.05. The molecule has 0 saturated carbocycles. The third-order valence-electron chi connectivity index (χ3n) is 1.48. The number of anilines is 1. The van der Waals surface area contributed by atoms with Crippen LogP contribution in [0, 0.1) is 6.92 Å². The number of halogens is 1. The lowest BCUT2D eigenvalue weighted by Crippen LogP contribution is -2.07. The molecule has 0 aromatic heterocycles. The van der Waals surface area contributed by atoms with E-state index in [-0.39, 0.29) is 0 Å². The van der Waals surface area contributed by atoms with E-state index in [1.165, 1.54) is 0 Å². The van der Waals surface area contributed by atoms with Crippen LogP contribution in [0.4, 0.5) is 5.69 Å². The Balaban J connectivity index is 2.71. The fourth-order valence-corrected chi connectivity index (χ4v) is 0.918. The smallest absolute Gasteiger partial charge is 0.368 e. The Morgan fingerprint density at radius 2 is 2.29 bits per heavy atom. The first-order chi connectivity index (χ1) is 6.59. The second kappa shape index (κ2) is 4.62. The zero-order chi connectivity index (χ0) is 10.6. The van der Waals surface area contributed by atoms with Gasteiger partial charge >= 0.3 is 5.97 Å². The molecular formula is C9H9ClN2O2. The molecule has 4 nitrogen and oxygen atoms in total. The number of nitrogens with zero attached hydrogens (tertiary/aromatic N) is 1. The van der Waals surface area contributed by atoms with Crippen LogP contribution in [-0.4, -0.2) is 16.2 Å². The van der Waals surface area contributed by atoms with Crippen molar-refractivity contribution in [1.82, 2.24) is 0 Å². The van der Waals surface area contributed by atoms with Crippen molar-refractivity contribution in [2.75, 3.05) is 5.43 Å². The molecule has 1 aromatic rings. The minimum atomic E-state index is -1.26. The lowest BCUT2D eigenvalue weighted by Gasteiger charge is -2.00. The van der Waals surface area contributed by atoms with Gasteiger partial charge in [-0.3, -0.25) is 5.43 Å². The molecule has 0 fully saturated rings. The third kappa shape index (κ3) is 3.06. The molecule has 0 aliphatic heterocycles. The lowest BCUT2D eigenvalue weighted by atomic mass is 10.2. The maximum absolute atomic E-state index is 10.3. The van der Waals surface area contributed by atoms with Gasteiger partial charge in [0, 0.05) is 0 Å². The fraction of sp³-hybridized carbons (Fsp3) is 0.111. The number of hydrogen-bond donors (Lipinski definition) is 2. The van der Waals surface area contributed by atoms with Crippen molar-refractivity contribution in [1.29, 1.82) is 0 Å². The number of hydrogen-bond acceptors (Lipinski definition) is 3. The van der Waals surface area contributed by atoms with E-state index in [0.717, 1.165) is 5.56 Å². The molecule has 0 saturated heterocycles. The molecule has 5 heteroatoms. The Morgan fingerprint density at radius 1 is 1.57 bits per heavy atom. The summed E-state index contributed by atoms with van der Waals surface area (Å²) in [7, 11) is 0. The highest BCUT2D eigenvalue weighted by molar-refractivity contribution is 6.81. The molecule has 0 heterocycles. The summed E-state index contributed by atoms with van der Waals surface area (Å²) in [4.78, 5) is 10.3. The first-order valence-corrected chi connectivity index (χ1v) is 4.26. The highest BCUT2D eigenvalue weighted by atomic mass is 35.5. The van der Waals surface area contributed by atoms with Crippen molar-refractivity contribution in [2.45, 2.75) is 6.92 Å². The van der Waals surface area contributed by atoms with E-state index in [1.54, 1.807) is 6.07 Å². The summed E-state index contributed by atoms with van der Waals surface area (Å²) in [6, 6.07) is 7.35. The topological polar surface area (TPSA) is 61.7 Å². The first kappa shape index (κ1) is 10.5. The number of carbonyl (C=O) groups is 1. The molecule has 14 heavy (non-hydrogen) atoms. The molecule has 1 aromatic carbocycles. The van der Waals surface area contributed by atoms with E-state index in [0.29, 0.717) is 5.69 Å². The van der Waals surface area contributed by atoms with Gasteiger partial charge in [0.1, 0.15) is 0 Å². The molecule has 0 aliphatic carbocycles. The van der Waals surface area contributed by atoms with Gasteiger partial charge in [-0.25, -0.2) is 4.79 Å². The van der Waals surface area contributed by atoms with Gasteiger partial charge in [0.25, 0.3) is 0 Å². The van der Waals surface area contributed by atoms with Crippen LogP contribution in [-0.2, 0) is 4.79 Å². The SMILES string of the molecule is Cc1cccc(NN=C(Cl)C(=O)O)c1. The highest BCUT2D eigenvalue weighted by Crippen LogP contribution is 2.09. The molecule has 0 spiro atoms. The van der Waals surface area contributed by atoms with Crippen LogP contribution in [0.5, 0.6) is 0 Å². The highest BCUT2D eigenvalue weighted by Gasteiger charge is 2.03. The molecule has 0 bridgehead atoms. The fourth-order valence-electron chi connectivity index (χ4n) is 0.876. The Labute approximate surface area is 86.2 Å². The van der Waals surface area contributed by atoms with Crippen molar-refractivity contribution >= 4 is 28.4 Å². The summed E-state index contributed by atoms with van der Waals surface area (Å²) in [6.45, 7) is 1.92. The predicted octanol–water partition coefficient (Wildman–Crippen LogP) is 2.04. The van der Waals surface area contributed by atoms with Crippen LogP contribution in [0.25, 0.3) is 0 Å². The third-order valence-corrected chi connectivity index (χ3v) is 1.72. The van der Waals surface area contributed by atoms with Crippen LogP contribution in [0.2, 0.25) is 0 Å². The van der Waals surface area contributed by atoms with E-state index in [4.69, 9.17) is 16.7 Å². The number of carboxylic acid groups (broad SMARTS) is 1. The summed E-state index contributed by atoms with van der Waals surface area (Å²) >= 11 is 5.29. The van der Waals surface area contributed by atoms with E-state index in [1.807, 2.05) is 25.1 Å². The molecule has 0 aliphatic rings. The average Bonchev–Trinajstić information content (AvgIpc) is 2.14. The predicted molar refractivity (Wildman–Crippen MR) is 55.7 cm³/mol. The summed E-state index contributed by atoms with van der Waals surface area (Å²) in [5.74, 6) is -1.26. The number of aliphatic carboxylic acids is 1. The van der Waals surface area contributed by atoms with Crippen LogP contribution in [0.1, 0.15) is 5.56 Å².